The maximum Gasteiger partial charge on any atom is 0.419 e. The van der Waals surface area contributed by atoms with E-state index in [1.165, 1.54) is 0 Å². The van der Waals surface area contributed by atoms with Crippen LogP contribution >= 0.6 is 0 Å². The lowest BCUT2D eigenvalue weighted by atomic mass is 9.74. The Bertz CT molecular complexity index is 1240. The van der Waals surface area contributed by atoms with Gasteiger partial charge in [-0.1, -0.05) is 20.8 Å². The summed E-state index contributed by atoms with van der Waals surface area (Å²) in [6, 6.07) is 5.04. The van der Waals surface area contributed by atoms with Gasteiger partial charge in [0.15, 0.2) is 17.1 Å². The first-order valence-electron chi connectivity index (χ1n) is 10.2. The Hall–Kier alpha value is -3.22. The molecular formula is C23H25N3O4. The number of benzene rings is 1. The number of fused-ring (bicyclic) bond motifs is 1. The minimum atomic E-state index is -0.438. The van der Waals surface area contributed by atoms with Gasteiger partial charge >= 0.3 is 5.76 Å². The Kier molecular flexibility index (Phi) is 4.84. The van der Waals surface area contributed by atoms with Gasteiger partial charge in [0.2, 0.25) is 0 Å². The Balaban J connectivity index is 1.92. The molecule has 0 fully saturated rings. The summed E-state index contributed by atoms with van der Waals surface area (Å²) in [6.45, 7) is 8.30. The Labute approximate surface area is 174 Å². The maximum absolute atomic E-state index is 13.6. The molecule has 2 heterocycles. The number of carbonyl (C=O) groups excluding carboxylic acids is 2. The molecular weight excluding hydrogens is 382 g/mol. The summed E-state index contributed by atoms with van der Waals surface area (Å²) in [5.41, 5.74) is 2.63. The van der Waals surface area contributed by atoms with E-state index in [4.69, 9.17) is 4.42 Å². The van der Waals surface area contributed by atoms with E-state index in [0.717, 1.165) is 6.42 Å². The average Bonchev–Trinajstić information content (AvgIpc) is 3.29. The topological polar surface area (TPSA) is 87.1 Å². The standard InChI is InChI=1S/C23H25N3O4/c1-5-10-25-20-14(2)15(7-8-18(20)30-22(25)29)21(28)19-16(26-11-6-9-24-26)12-23(3,4)13-17(19)27/h6-9,11H,5,10,12-13H2,1-4H3. The van der Waals surface area contributed by atoms with E-state index in [-0.39, 0.29) is 22.6 Å². The first-order chi connectivity index (χ1) is 14.2. The number of aryl methyl sites for hydroxylation is 2. The molecule has 1 aliphatic rings. The number of carbonyl (C=O) groups is 2. The molecule has 3 aromatic rings. The van der Waals surface area contributed by atoms with Crippen molar-refractivity contribution in [3.63, 3.8) is 0 Å². The second kappa shape index (κ2) is 7.23. The fourth-order valence-electron chi connectivity index (χ4n) is 4.31. The molecule has 156 valence electrons. The lowest BCUT2D eigenvalue weighted by Gasteiger charge is -2.31. The van der Waals surface area contributed by atoms with Crippen LogP contribution in [0, 0.1) is 12.3 Å². The maximum atomic E-state index is 13.6. The molecule has 0 radical (unpaired) electrons. The van der Waals surface area contributed by atoms with Crippen LogP contribution in [0.4, 0.5) is 0 Å². The van der Waals surface area contributed by atoms with Crippen molar-refractivity contribution in [2.24, 2.45) is 5.41 Å². The van der Waals surface area contributed by atoms with Crippen molar-refractivity contribution >= 4 is 28.4 Å². The van der Waals surface area contributed by atoms with Crippen molar-refractivity contribution in [2.45, 2.75) is 53.5 Å². The predicted molar refractivity (Wildman–Crippen MR) is 113 cm³/mol. The molecule has 0 bridgehead atoms. The Morgan fingerprint density at radius 3 is 2.67 bits per heavy atom. The van der Waals surface area contributed by atoms with Crippen LogP contribution in [-0.4, -0.2) is 25.9 Å². The van der Waals surface area contributed by atoms with Gasteiger partial charge in [0.1, 0.15) is 0 Å². The lowest BCUT2D eigenvalue weighted by Crippen LogP contribution is -2.31. The Morgan fingerprint density at radius 2 is 2.00 bits per heavy atom. The van der Waals surface area contributed by atoms with Gasteiger partial charge < -0.3 is 4.42 Å². The van der Waals surface area contributed by atoms with E-state index < -0.39 is 5.76 Å². The second-order valence-electron chi connectivity index (χ2n) is 8.65. The van der Waals surface area contributed by atoms with E-state index in [2.05, 4.69) is 5.10 Å². The normalized spacial score (nSPS) is 16.5. The molecule has 1 aromatic carbocycles. The van der Waals surface area contributed by atoms with E-state index in [9.17, 15) is 14.4 Å². The minimum Gasteiger partial charge on any atom is -0.408 e. The van der Waals surface area contributed by atoms with Crippen LogP contribution in [-0.2, 0) is 11.3 Å². The molecule has 0 amide bonds. The quantitative estimate of drug-likeness (QED) is 0.471. The highest BCUT2D eigenvalue weighted by molar-refractivity contribution is 6.30. The van der Waals surface area contributed by atoms with Crippen LogP contribution in [0.1, 0.15) is 56.0 Å². The van der Waals surface area contributed by atoms with Crippen molar-refractivity contribution in [2.75, 3.05) is 0 Å². The number of allylic oxidation sites excluding steroid dienone is 2. The lowest BCUT2D eigenvalue weighted by molar-refractivity contribution is -0.117. The van der Waals surface area contributed by atoms with E-state index in [1.54, 1.807) is 46.8 Å². The highest BCUT2D eigenvalue weighted by atomic mass is 16.4. The van der Waals surface area contributed by atoms with Crippen LogP contribution in [0.25, 0.3) is 16.8 Å². The molecule has 7 heteroatoms. The number of rotatable bonds is 5. The van der Waals surface area contributed by atoms with Crippen molar-refractivity contribution in [3.05, 3.63) is 57.8 Å². The number of hydrogen-bond donors (Lipinski definition) is 0. The number of aromatic nitrogens is 3. The molecule has 30 heavy (non-hydrogen) atoms. The molecule has 0 saturated carbocycles. The summed E-state index contributed by atoms with van der Waals surface area (Å²) in [5.74, 6) is -0.956. The van der Waals surface area contributed by atoms with E-state index in [1.807, 2.05) is 20.8 Å². The predicted octanol–water partition coefficient (Wildman–Crippen LogP) is 3.99. The molecule has 2 aromatic heterocycles. The monoisotopic (exact) mass is 407 g/mol. The van der Waals surface area contributed by atoms with Gasteiger partial charge in [-0.05, 0) is 48.9 Å². The third kappa shape index (κ3) is 3.24. The zero-order chi connectivity index (χ0) is 21.6. The van der Waals surface area contributed by atoms with E-state index in [0.29, 0.717) is 47.3 Å². The summed E-state index contributed by atoms with van der Waals surface area (Å²) < 4.78 is 8.51. The van der Waals surface area contributed by atoms with Gasteiger partial charge in [-0.3, -0.25) is 14.2 Å². The molecule has 7 nitrogen and oxygen atoms in total. The molecule has 0 aliphatic heterocycles. The number of oxazole rings is 1. The molecule has 0 saturated heterocycles. The molecule has 0 unspecified atom stereocenters. The zero-order valence-electron chi connectivity index (χ0n) is 17.7. The van der Waals surface area contributed by atoms with Crippen molar-refractivity contribution in [3.8, 4) is 0 Å². The number of hydrogen-bond acceptors (Lipinski definition) is 5. The number of Topliss-reactive ketones (excluding diaryl/α,β-unsaturated/α-hetero) is 2. The third-order valence-corrected chi connectivity index (χ3v) is 5.63. The third-order valence-electron chi connectivity index (χ3n) is 5.63. The van der Waals surface area contributed by atoms with Crippen molar-refractivity contribution < 1.29 is 14.0 Å². The molecule has 0 N–H and O–H groups in total. The van der Waals surface area contributed by atoms with Gasteiger partial charge in [0, 0.05) is 30.9 Å². The Morgan fingerprint density at radius 1 is 1.23 bits per heavy atom. The molecule has 1 aliphatic carbocycles. The molecule has 4 rings (SSSR count). The van der Waals surface area contributed by atoms with Gasteiger partial charge in [-0.25, -0.2) is 9.48 Å². The van der Waals surface area contributed by atoms with Gasteiger partial charge in [0.25, 0.3) is 0 Å². The first kappa shape index (κ1) is 20.1. The minimum absolute atomic E-state index is 0.174. The molecule has 0 spiro atoms. The largest absolute Gasteiger partial charge is 0.419 e. The number of nitrogens with zero attached hydrogens (tertiary/aromatic N) is 3. The summed E-state index contributed by atoms with van der Waals surface area (Å²) >= 11 is 0. The highest BCUT2D eigenvalue weighted by Crippen LogP contribution is 2.40. The second-order valence-corrected chi connectivity index (χ2v) is 8.65. The smallest absolute Gasteiger partial charge is 0.408 e. The first-order valence-corrected chi connectivity index (χ1v) is 10.2. The SMILES string of the molecule is CCCn1c(=O)oc2ccc(C(=O)C3=C(n4cccn4)CC(C)(C)CC3=O)c(C)c21. The van der Waals surface area contributed by atoms with Crippen LogP contribution in [0.5, 0.6) is 0 Å². The van der Waals surface area contributed by atoms with Crippen LogP contribution in [0.15, 0.2) is 45.4 Å². The van der Waals surface area contributed by atoms with Crippen LogP contribution in [0.2, 0.25) is 0 Å². The fourth-order valence-corrected chi connectivity index (χ4v) is 4.31. The average molecular weight is 407 g/mol. The zero-order valence-corrected chi connectivity index (χ0v) is 17.7. The van der Waals surface area contributed by atoms with Crippen LogP contribution in [0.3, 0.4) is 0 Å². The van der Waals surface area contributed by atoms with Crippen molar-refractivity contribution in [1.29, 1.82) is 0 Å². The summed E-state index contributed by atoms with van der Waals surface area (Å²) in [5, 5.41) is 4.27. The number of ketones is 2. The molecule has 0 atom stereocenters. The van der Waals surface area contributed by atoms with Gasteiger partial charge in [-0.15, -0.1) is 0 Å². The summed E-state index contributed by atoms with van der Waals surface area (Å²) in [6.07, 6.45) is 5.01. The van der Waals surface area contributed by atoms with E-state index >= 15 is 0 Å². The van der Waals surface area contributed by atoms with Gasteiger partial charge in [0.05, 0.1) is 16.8 Å². The van der Waals surface area contributed by atoms with Gasteiger partial charge in [-0.2, -0.15) is 5.10 Å². The summed E-state index contributed by atoms with van der Waals surface area (Å²) in [7, 11) is 0. The fraction of sp³-hybridized carbons (Fsp3) is 0.391. The van der Waals surface area contributed by atoms with Crippen LogP contribution < -0.4 is 5.76 Å². The van der Waals surface area contributed by atoms with Crippen molar-refractivity contribution in [1.82, 2.24) is 14.3 Å². The summed E-state index contributed by atoms with van der Waals surface area (Å²) in [4.78, 5) is 38.9. The highest BCUT2D eigenvalue weighted by Gasteiger charge is 2.38.